The lowest BCUT2D eigenvalue weighted by molar-refractivity contribution is -0.383. The van der Waals surface area contributed by atoms with Gasteiger partial charge in [0.25, 0.3) is 0 Å². The molecule has 9 heteroatoms. The fraction of sp³-hybridized carbons (Fsp3) is 0.0952. The van der Waals surface area contributed by atoms with Crippen LogP contribution in [0.4, 0.5) is 5.69 Å². The van der Waals surface area contributed by atoms with E-state index in [2.05, 4.69) is 15.5 Å². The Hall–Kier alpha value is -4.27. The molecule has 0 unspecified atom stereocenters. The Balaban J connectivity index is 1.75. The van der Waals surface area contributed by atoms with Crippen LogP contribution in [0.3, 0.4) is 0 Å². The minimum Gasteiger partial charge on any atom is -0.493 e. The third-order valence-corrected chi connectivity index (χ3v) is 5.23. The minimum absolute atomic E-state index is 0.0628. The van der Waals surface area contributed by atoms with Crippen molar-refractivity contribution in [2.75, 3.05) is 14.2 Å². The first-order valence-electron chi connectivity index (χ1n) is 9.05. The van der Waals surface area contributed by atoms with Crippen LogP contribution in [0.5, 0.6) is 11.5 Å². The average molecular weight is 401 g/mol. The molecule has 9 nitrogen and oxygen atoms in total. The smallest absolute Gasteiger partial charge is 0.302 e. The lowest BCUT2D eigenvalue weighted by atomic mass is 9.75. The average Bonchev–Trinajstić information content (AvgIpc) is 3.30. The van der Waals surface area contributed by atoms with Crippen LogP contribution >= 0.6 is 0 Å². The van der Waals surface area contributed by atoms with Gasteiger partial charge in [-0.05, 0) is 56.9 Å². The van der Waals surface area contributed by atoms with E-state index in [4.69, 9.17) is 9.47 Å². The van der Waals surface area contributed by atoms with Crippen molar-refractivity contribution in [2.24, 2.45) is 0 Å². The third-order valence-electron chi connectivity index (χ3n) is 5.23. The molecule has 3 aromatic carbocycles. The zero-order chi connectivity index (χ0) is 20.8. The summed E-state index contributed by atoms with van der Waals surface area (Å²) >= 11 is 0. The van der Waals surface area contributed by atoms with Gasteiger partial charge in [0.2, 0.25) is 0 Å². The first kappa shape index (κ1) is 17.8. The zero-order valence-electron chi connectivity index (χ0n) is 16.1. The highest BCUT2D eigenvalue weighted by molar-refractivity contribution is 6.12. The number of methoxy groups -OCH3 is 2. The van der Waals surface area contributed by atoms with Crippen LogP contribution in [0.2, 0.25) is 0 Å². The van der Waals surface area contributed by atoms with Crippen molar-refractivity contribution < 1.29 is 14.4 Å². The molecule has 0 bridgehead atoms. The fourth-order valence-corrected chi connectivity index (χ4v) is 4.01. The van der Waals surface area contributed by atoms with Crippen molar-refractivity contribution in [1.82, 2.24) is 20.2 Å². The van der Waals surface area contributed by atoms with Crippen molar-refractivity contribution in [1.29, 1.82) is 0 Å². The summed E-state index contributed by atoms with van der Waals surface area (Å²) in [6.07, 6.45) is 1.34. The number of hydrogen-bond donors (Lipinski definition) is 0. The number of nitro groups is 1. The van der Waals surface area contributed by atoms with Crippen molar-refractivity contribution in [3.63, 3.8) is 0 Å². The molecule has 0 fully saturated rings. The molecule has 1 aliphatic carbocycles. The van der Waals surface area contributed by atoms with E-state index < -0.39 is 4.92 Å². The highest BCUT2D eigenvalue weighted by Gasteiger charge is 2.33. The normalized spacial score (nSPS) is 11.3. The molecule has 0 amide bonds. The van der Waals surface area contributed by atoms with E-state index in [0.29, 0.717) is 22.7 Å². The molecular formula is C21H15N5O4. The van der Waals surface area contributed by atoms with Crippen LogP contribution in [-0.2, 0) is 0 Å². The first-order chi connectivity index (χ1) is 14.7. The molecule has 0 N–H and O–H groups in total. The summed E-state index contributed by atoms with van der Waals surface area (Å²) in [6.45, 7) is 0. The van der Waals surface area contributed by atoms with Gasteiger partial charge in [0.15, 0.2) is 11.5 Å². The molecule has 5 rings (SSSR count). The minimum atomic E-state index is -0.403. The second-order valence-corrected chi connectivity index (χ2v) is 6.64. The van der Waals surface area contributed by atoms with E-state index in [1.807, 2.05) is 30.3 Å². The van der Waals surface area contributed by atoms with Crippen LogP contribution < -0.4 is 9.47 Å². The molecule has 4 aromatic rings. The third kappa shape index (κ3) is 2.38. The number of para-hydroxylation sites is 1. The summed E-state index contributed by atoms with van der Waals surface area (Å²) in [7, 11) is 3.19. The molecule has 0 spiro atoms. The quantitative estimate of drug-likeness (QED) is 0.325. The van der Waals surface area contributed by atoms with Crippen LogP contribution in [0.1, 0.15) is 0 Å². The summed E-state index contributed by atoms with van der Waals surface area (Å²) in [5, 5.41) is 23.0. The summed E-state index contributed by atoms with van der Waals surface area (Å²) in [5.74, 6) is 1.29. The highest BCUT2D eigenvalue weighted by Crippen LogP contribution is 2.58. The number of benzene rings is 3. The van der Waals surface area contributed by atoms with Gasteiger partial charge >= 0.3 is 5.69 Å². The van der Waals surface area contributed by atoms with Gasteiger partial charge in [-0.25, -0.2) is 0 Å². The van der Waals surface area contributed by atoms with Crippen LogP contribution in [0.15, 0.2) is 54.9 Å². The van der Waals surface area contributed by atoms with E-state index in [9.17, 15) is 10.1 Å². The summed E-state index contributed by atoms with van der Waals surface area (Å²) in [5.41, 5.74) is 5.28. The molecule has 1 aliphatic rings. The van der Waals surface area contributed by atoms with Gasteiger partial charge in [0.1, 0.15) is 12.0 Å². The zero-order valence-corrected chi connectivity index (χ0v) is 16.1. The number of ether oxygens (including phenoxy) is 2. The number of fused-ring (bicyclic) bond motifs is 4. The molecule has 1 aromatic heterocycles. The highest BCUT2D eigenvalue weighted by atomic mass is 16.6. The van der Waals surface area contributed by atoms with E-state index in [0.717, 1.165) is 27.8 Å². The molecule has 30 heavy (non-hydrogen) atoms. The van der Waals surface area contributed by atoms with Gasteiger partial charge in [0.05, 0.1) is 24.7 Å². The summed E-state index contributed by atoms with van der Waals surface area (Å²) in [4.78, 5) is 11.6. The number of tetrazole rings is 1. The molecule has 148 valence electrons. The molecule has 0 radical (unpaired) electrons. The Labute approximate surface area is 170 Å². The van der Waals surface area contributed by atoms with Crippen molar-refractivity contribution in [3.05, 3.63) is 65.0 Å². The lowest BCUT2D eigenvalue weighted by Gasteiger charge is -2.29. The van der Waals surface area contributed by atoms with Gasteiger partial charge in [-0.3, -0.25) is 10.1 Å². The Morgan fingerprint density at radius 2 is 1.63 bits per heavy atom. The summed E-state index contributed by atoms with van der Waals surface area (Å²) in [6, 6.07) is 14.6. The molecule has 0 aliphatic heterocycles. The second kappa shape index (κ2) is 6.66. The van der Waals surface area contributed by atoms with Crippen LogP contribution in [0.25, 0.3) is 39.1 Å². The lowest BCUT2D eigenvalue weighted by Crippen LogP contribution is -2.07. The number of aromatic nitrogens is 4. The predicted molar refractivity (Wildman–Crippen MR) is 109 cm³/mol. The SMILES string of the molecule is COc1ccc2c(c1OC)-c1cccc(-c3cccc(-n4cnnn4)c3[N+](=O)[O-])c1-2. The second-order valence-electron chi connectivity index (χ2n) is 6.64. The van der Waals surface area contributed by atoms with Gasteiger partial charge < -0.3 is 9.47 Å². The number of hydrogen-bond acceptors (Lipinski definition) is 7. The Morgan fingerprint density at radius 1 is 0.900 bits per heavy atom. The fourth-order valence-electron chi connectivity index (χ4n) is 4.01. The predicted octanol–water partition coefficient (Wildman–Crippen LogP) is 3.90. The number of rotatable bonds is 5. The maximum atomic E-state index is 12.0. The maximum absolute atomic E-state index is 12.0. The van der Waals surface area contributed by atoms with Crippen molar-refractivity contribution in [2.45, 2.75) is 0 Å². The van der Waals surface area contributed by atoms with E-state index in [1.54, 1.807) is 32.4 Å². The van der Waals surface area contributed by atoms with Crippen molar-refractivity contribution >= 4 is 5.69 Å². The number of nitro benzene ring substituents is 1. The van der Waals surface area contributed by atoms with E-state index in [-0.39, 0.29) is 5.69 Å². The molecular weight excluding hydrogens is 386 g/mol. The van der Waals surface area contributed by atoms with Gasteiger partial charge in [-0.1, -0.05) is 24.3 Å². The largest absolute Gasteiger partial charge is 0.493 e. The monoisotopic (exact) mass is 401 g/mol. The number of nitrogens with zero attached hydrogens (tertiary/aromatic N) is 5. The van der Waals surface area contributed by atoms with Crippen LogP contribution in [-0.4, -0.2) is 39.4 Å². The summed E-state index contributed by atoms with van der Waals surface area (Å²) < 4.78 is 12.3. The maximum Gasteiger partial charge on any atom is 0.302 e. The first-order valence-corrected chi connectivity index (χ1v) is 9.05. The van der Waals surface area contributed by atoms with Gasteiger partial charge in [0, 0.05) is 5.56 Å². The van der Waals surface area contributed by atoms with Gasteiger partial charge in [-0.15, -0.1) is 5.10 Å². The molecule has 0 saturated heterocycles. The molecule has 1 heterocycles. The van der Waals surface area contributed by atoms with Crippen molar-refractivity contribution in [3.8, 4) is 50.6 Å². The van der Waals surface area contributed by atoms with E-state index in [1.165, 1.54) is 11.0 Å². The van der Waals surface area contributed by atoms with E-state index >= 15 is 0 Å². The van der Waals surface area contributed by atoms with Crippen LogP contribution in [0, 0.1) is 10.1 Å². The molecule has 0 atom stereocenters. The Morgan fingerprint density at radius 3 is 2.33 bits per heavy atom. The molecule has 0 saturated carbocycles. The Bertz CT molecular complexity index is 1300. The topological polar surface area (TPSA) is 105 Å². The van der Waals surface area contributed by atoms with Gasteiger partial charge in [-0.2, -0.15) is 4.68 Å². The Kier molecular flexibility index (Phi) is 3.95. The standard InChI is InChI=1S/C21H15N5O4/c1-29-17-10-9-15-18-12(5-3-7-14(18)19(15)21(17)30-2)13-6-4-8-16(20(13)26(27)28)25-11-22-23-24-25/h3-11H,1-2H3.